The van der Waals surface area contributed by atoms with Crippen molar-refractivity contribution in [3.63, 3.8) is 0 Å². The number of nitrogens with zero attached hydrogens (tertiary/aromatic N) is 3. The Kier molecular flexibility index (Phi) is 4.31. The Balaban J connectivity index is 2.16. The zero-order valence-corrected chi connectivity index (χ0v) is 12.5. The fraction of sp³-hybridized carbons (Fsp3) is 0.214. The van der Waals surface area contributed by atoms with Crippen molar-refractivity contribution in [2.75, 3.05) is 17.4 Å². The second-order valence-corrected chi connectivity index (χ2v) is 4.73. The van der Waals surface area contributed by atoms with Crippen LogP contribution in [0.5, 0.6) is 0 Å². The minimum absolute atomic E-state index is 0.274. The molecule has 0 fully saturated rings. The van der Waals surface area contributed by atoms with E-state index in [2.05, 4.69) is 10.7 Å². The van der Waals surface area contributed by atoms with E-state index in [1.54, 1.807) is 31.3 Å². The number of benzene rings is 1. The van der Waals surface area contributed by atoms with Crippen LogP contribution < -0.4 is 27.0 Å². The average molecular weight is 303 g/mol. The minimum atomic E-state index is -0.484. The molecule has 0 bridgehead atoms. The Morgan fingerprint density at radius 1 is 1.09 bits per heavy atom. The molecule has 0 atom stereocenters. The monoisotopic (exact) mass is 303 g/mol. The van der Waals surface area contributed by atoms with Gasteiger partial charge in [-0.2, -0.15) is 0 Å². The quantitative estimate of drug-likeness (QED) is 0.796. The van der Waals surface area contributed by atoms with Gasteiger partial charge in [0.25, 0.3) is 5.56 Å². The standard InChI is InChI=1S/C14H17N5O3/c1-17-11(9-12(20)18(2)14(17)22)19(3)16-13(21)15-10-7-5-4-6-8-10/h4-9H,1-3H3,(H2,15,16,21). The molecule has 22 heavy (non-hydrogen) atoms. The molecule has 1 heterocycles. The van der Waals surface area contributed by atoms with Crippen LogP contribution in [0.15, 0.2) is 46.0 Å². The molecule has 0 saturated heterocycles. The Bertz CT molecular complexity index is 794. The van der Waals surface area contributed by atoms with E-state index in [0.717, 1.165) is 4.57 Å². The lowest BCUT2D eigenvalue weighted by Gasteiger charge is -2.22. The summed E-state index contributed by atoms with van der Waals surface area (Å²) in [7, 11) is 4.45. The maximum Gasteiger partial charge on any atom is 0.338 e. The van der Waals surface area contributed by atoms with Crippen molar-refractivity contribution in [3.8, 4) is 0 Å². The van der Waals surface area contributed by atoms with Crippen LogP contribution in [0.4, 0.5) is 16.3 Å². The van der Waals surface area contributed by atoms with E-state index in [1.165, 1.54) is 29.7 Å². The molecule has 2 amide bonds. The SMILES string of the molecule is CN(NC(=O)Nc1ccccc1)c1cc(=O)n(C)c(=O)n1C. The Morgan fingerprint density at radius 3 is 2.36 bits per heavy atom. The third-order valence-corrected chi connectivity index (χ3v) is 3.15. The van der Waals surface area contributed by atoms with E-state index in [0.29, 0.717) is 5.69 Å². The summed E-state index contributed by atoms with van der Waals surface area (Å²) >= 11 is 0. The maximum atomic E-state index is 11.9. The minimum Gasteiger partial charge on any atom is -0.307 e. The Labute approximate surface area is 126 Å². The fourth-order valence-corrected chi connectivity index (χ4v) is 1.93. The molecule has 8 nitrogen and oxygen atoms in total. The highest BCUT2D eigenvalue weighted by molar-refractivity contribution is 5.90. The molecule has 0 aliphatic heterocycles. The highest BCUT2D eigenvalue weighted by Gasteiger charge is 2.12. The number of anilines is 2. The van der Waals surface area contributed by atoms with E-state index < -0.39 is 17.3 Å². The summed E-state index contributed by atoms with van der Waals surface area (Å²) in [6, 6.07) is 9.70. The van der Waals surface area contributed by atoms with Crippen LogP contribution in [-0.4, -0.2) is 22.2 Å². The van der Waals surface area contributed by atoms with Crippen molar-refractivity contribution in [2.45, 2.75) is 0 Å². The maximum absolute atomic E-state index is 11.9. The first-order chi connectivity index (χ1) is 10.4. The van der Waals surface area contributed by atoms with Gasteiger partial charge in [-0.1, -0.05) is 18.2 Å². The van der Waals surface area contributed by atoms with Crippen LogP contribution in [0.1, 0.15) is 0 Å². The van der Waals surface area contributed by atoms with Gasteiger partial charge in [-0.05, 0) is 12.1 Å². The zero-order chi connectivity index (χ0) is 16.3. The molecule has 116 valence electrons. The Morgan fingerprint density at radius 2 is 1.73 bits per heavy atom. The van der Waals surface area contributed by atoms with Gasteiger partial charge in [0, 0.05) is 32.9 Å². The largest absolute Gasteiger partial charge is 0.338 e. The van der Waals surface area contributed by atoms with Gasteiger partial charge in [-0.3, -0.25) is 18.9 Å². The molecular weight excluding hydrogens is 286 g/mol. The normalized spacial score (nSPS) is 10.1. The number of carbonyl (C=O) groups is 1. The average Bonchev–Trinajstić information content (AvgIpc) is 2.49. The summed E-state index contributed by atoms with van der Waals surface area (Å²) < 4.78 is 2.26. The summed E-state index contributed by atoms with van der Waals surface area (Å²) in [5.74, 6) is 0.274. The van der Waals surface area contributed by atoms with Crippen LogP contribution in [0, 0.1) is 0 Å². The van der Waals surface area contributed by atoms with Crippen molar-refractivity contribution < 1.29 is 4.79 Å². The number of rotatable bonds is 3. The highest BCUT2D eigenvalue weighted by atomic mass is 16.2. The van der Waals surface area contributed by atoms with Gasteiger partial charge in [0.1, 0.15) is 5.82 Å². The summed E-state index contributed by atoms with van der Waals surface area (Å²) in [6.07, 6.45) is 0. The summed E-state index contributed by atoms with van der Waals surface area (Å²) in [6.45, 7) is 0. The van der Waals surface area contributed by atoms with Crippen LogP contribution in [-0.2, 0) is 14.1 Å². The van der Waals surface area contributed by atoms with E-state index in [4.69, 9.17) is 0 Å². The molecular formula is C14H17N5O3. The molecule has 0 aliphatic carbocycles. The first kappa shape index (κ1) is 15.4. The molecule has 2 aromatic rings. The van der Waals surface area contributed by atoms with Crippen molar-refractivity contribution in [1.29, 1.82) is 0 Å². The van der Waals surface area contributed by atoms with E-state index >= 15 is 0 Å². The fourth-order valence-electron chi connectivity index (χ4n) is 1.93. The van der Waals surface area contributed by atoms with Gasteiger partial charge < -0.3 is 5.32 Å². The van der Waals surface area contributed by atoms with Gasteiger partial charge in [0.05, 0.1) is 0 Å². The topological polar surface area (TPSA) is 88.4 Å². The molecule has 0 unspecified atom stereocenters. The second kappa shape index (κ2) is 6.17. The van der Waals surface area contributed by atoms with E-state index in [1.807, 2.05) is 6.07 Å². The number of para-hydroxylation sites is 1. The van der Waals surface area contributed by atoms with Crippen molar-refractivity contribution >= 4 is 17.5 Å². The van der Waals surface area contributed by atoms with Gasteiger partial charge in [0.15, 0.2) is 0 Å². The van der Waals surface area contributed by atoms with Gasteiger partial charge >= 0.3 is 11.7 Å². The van der Waals surface area contributed by atoms with Crippen LogP contribution in [0.3, 0.4) is 0 Å². The summed E-state index contributed by atoms with van der Waals surface area (Å²) in [5, 5.41) is 3.95. The first-order valence-corrected chi connectivity index (χ1v) is 6.53. The second-order valence-electron chi connectivity index (χ2n) is 4.73. The van der Waals surface area contributed by atoms with E-state index in [-0.39, 0.29) is 5.82 Å². The molecule has 1 aromatic heterocycles. The third kappa shape index (κ3) is 3.17. The first-order valence-electron chi connectivity index (χ1n) is 6.53. The number of urea groups is 1. The number of aromatic nitrogens is 2. The predicted octanol–water partition coefficient (Wildman–Crippen LogP) is 0.257. The molecule has 2 N–H and O–H groups in total. The zero-order valence-electron chi connectivity index (χ0n) is 12.5. The molecule has 0 aliphatic rings. The molecule has 8 heteroatoms. The van der Waals surface area contributed by atoms with Gasteiger partial charge in [-0.25, -0.2) is 15.0 Å². The molecule has 2 rings (SSSR count). The molecule has 1 aromatic carbocycles. The van der Waals surface area contributed by atoms with Crippen molar-refractivity contribution in [2.24, 2.45) is 14.1 Å². The molecule has 0 radical (unpaired) electrons. The lowest BCUT2D eigenvalue weighted by Crippen LogP contribution is -2.46. The summed E-state index contributed by atoms with van der Waals surface area (Å²) in [4.78, 5) is 35.5. The van der Waals surface area contributed by atoms with Crippen LogP contribution in [0.25, 0.3) is 0 Å². The lowest BCUT2D eigenvalue weighted by atomic mass is 10.3. The van der Waals surface area contributed by atoms with Crippen molar-refractivity contribution in [3.05, 3.63) is 57.2 Å². The third-order valence-electron chi connectivity index (χ3n) is 3.15. The number of hydrogen-bond donors (Lipinski definition) is 2. The van der Waals surface area contributed by atoms with Crippen molar-refractivity contribution in [1.82, 2.24) is 14.6 Å². The lowest BCUT2D eigenvalue weighted by molar-refractivity contribution is 0.251. The van der Waals surface area contributed by atoms with Gasteiger partial charge in [-0.15, -0.1) is 0 Å². The number of carbonyl (C=O) groups excluding carboxylic acids is 1. The predicted molar refractivity (Wildman–Crippen MR) is 83.9 cm³/mol. The van der Waals surface area contributed by atoms with Crippen LogP contribution in [0.2, 0.25) is 0 Å². The molecule has 0 spiro atoms. The highest BCUT2D eigenvalue weighted by Crippen LogP contribution is 2.06. The van der Waals surface area contributed by atoms with E-state index in [9.17, 15) is 14.4 Å². The number of nitrogens with one attached hydrogen (secondary N) is 2. The smallest absolute Gasteiger partial charge is 0.307 e. The number of hydrazine groups is 1. The van der Waals surface area contributed by atoms with Gasteiger partial charge in [0.2, 0.25) is 0 Å². The number of hydrogen-bond acceptors (Lipinski definition) is 4. The van der Waals surface area contributed by atoms with Crippen LogP contribution >= 0.6 is 0 Å². The Hall–Kier alpha value is -3.03. The molecule has 0 saturated carbocycles. The number of amides is 2. The summed E-state index contributed by atoms with van der Waals surface area (Å²) in [5.41, 5.74) is 2.24.